The quantitative estimate of drug-likeness (QED) is 0.897. The molecule has 0 saturated carbocycles. The zero-order valence-electron chi connectivity index (χ0n) is 12.2. The second-order valence-corrected chi connectivity index (χ2v) is 5.48. The van der Waals surface area contributed by atoms with Crippen molar-refractivity contribution in [2.45, 2.75) is 40.7 Å². The molecule has 0 unspecified atom stereocenters. The maximum Gasteiger partial charge on any atom is 0.270 e. The monoisotopic (exact) mass is 258 g/mol. The van der Waals surface area contributed by atoms with Crippen molar-refractivity contribution in [2.24, 2.45) is 5.92 Å². The molecular formula is C16H22N2O. The standard InChI is InChI=1S/C16H22N2O/c1-5-18-16(19)14(10-11(2)3)15(17-18)13-8-6-12(4)7-9-13/h6-9,11,17H,5,10H2,1-4H3. The zero-order chi connectivity index (χ0) is 14.0. The molecule has 3 heteroatoms. The van der Waals surface area contributed by atoms with Gasteiger partial charge in [0.25, 0.3) is 5.56 Å². The number of rotatable bonds is 4. The van der Waals surface area contributed by atoms with Crippen molar-refractivity contribution >= 4 is 0 Å². The van der Waals surface area contributed by atoms with Gasteiger partial charge in [-0.2, -0.15) is 0 Å². The summed E-state index contributed by atoms with van der Waals surface area (Å²) >= 11 is 0. The molecule has 0 aliphatic carbocycles. The van der Waals surface area contributed by atoms with Crippen molar-refractivity contribution in [1.29, 1.82) is 0 Å². The lowest BCUT2D eigenvalue weighted by Gasteiger charge is -2.05. The highest BCUT2D eigenvalue weighted by Gasteiger charge is 2.15. The zero-order valence-corrected chi connectivity index (χ0v) is 12.2. The third kappa shape index (κ3) is 2.80. The Labute approximate surface area is 114 Å². The summed E-state index contributed by atoms with van der Waals surface area (Å²) in [6, 6.07) is 8.31. The Balaban J connectivity index is 2.55. The van der Waals surface area contributed by atoms with Gasteiger partial charge in [-0.3, -0.25) is 14.6 Å². The van der Waals surface area contributed by atoms with Crippen molar-refractivity contribution in [3.8, 4) is 11.3 Å². The van der Waals surface area contributed by atoms with E-state index >= 15 is 0 Å². The largest absolute Gasteiger partial charge is 0.295 e. The molecule has 0 atom stereocenters. The summed E-state index contributed by atoms with van der Waals surface area (Å²) < 4.78 is 1.69. The summed E-state index contributed by atoms with van der Waals surface area (Å²) in [6.07, 6.45) is 0.811. The van der Waals surface area contributed by atoms with Crippen LogP contribution < -0.4 is 5.56 Å². The lowest BCUT2D eigenvalue weighted by Crippen LogP contribution is -2.18. The van der Waals surface area contributed by atoms with Crippen molar-refractivity contribution in [3.63, 3.8) is 0 Å². The van der Waals surface area contributed by atoms with Crippen LogP contribution in [-0.4, -0.2) is 9.78 Å². The van der Waals surface area contributed by atoms with E-state index in [2.05, 4.69) is 50.1 Å². The molecular weight excluding hydrogens is 236 g/mol. The first-order valence-electron chi connectivity index (χ1n) is 6.91. The van der Waals surface area contributed by atoms with Gasteiger partial charge in [0.2, 0.25) is 0 Å². The Kier molecular flexibility index (Phi) is 3.93. The maximum atomic E-state index is 12.3. The molecule has 0 bridgehead atoms. The first-order valence-corrected chi connectivity index (χ1v) is 6.91. The normalized spacial score (nSPS) is 11.2. The SMILES string of the molecule is CCn1[nH]c(-c2ccc(C)cc2)c(CC(C)C)c1=O. The summed E-state index contributed by atoms with van der Waals surface area (Å²) in [6.45, 7) is 9.01. The van der Waals surface area contributed by atoms with Crippen molar-refractivity contribution < 1.29 is 0 Å². The van der Waals surface area contributed by atoms with Gasteiger partial charge in [0.05, 0.1) is 5.69 Å². The van der Waals surface area contributed by atoms with Crippen LogP contribution in [0, 0.1) is 12.8 Å². The number of hydrogen-bond donors (Lipinski definition) is 1. The van der Waals surface area contributed by atoms with E-state index < -0.39 is 0 Å². The van der Waals surface area contributed by atoms with E-state index in [1.807, 2.05) is 6.92 Å². The third-order valence-corrected chi connectivity index (χ3v) is 3.32. The van der Waals surface area contributed by atoms with Gasteiger partial charge in [-0.25, -0.2) is 0 Å². The van der Waals surface area contributed by atoms with Gasteiger partial charge in [-0.15, -0.1) is 0 Å². The highest BCUT2D eigenvalue weighted by atomic mass is 16.1. The molecule has 2 aromatic rings. The molecule has 1 aromatic heterocycles. The highest BCUT2D eigenvalue weighted by Crippen LogP contribution is 2.22. The van der Waals surface area contributed by atoms with Crippen LogP contribution in [0.3, 0.4) is 0 Å². The van der Waals surface area contributed by atoms with E-state index in [9.17, 15) is 4.79 Å². The first kappa shape index (κ1) is 13.7. The van der Waals surface area contributed by atoms with Crippen molar-refractivity contribution in [2.75, 3.05) is 0 Å². The summed E-state index contributed by atoms with van der Waals surface area (Å²) in [5, 5.41) is 3.25. The van der Waals surface area contributed by atoms with Gasteiger partial charge in [0, 0.05) is 12.1 Å². The first-order chi connectivity index (χ1) is 9.02. The van der Waals surface area contributed by atoms with Gasteiger partial charge in [0.15, 0.2) is 0 Å². The number of H-pyrrole nitrogens is 1. The van der Waals surface area contributed by atoms with E-state index in [1.54, 1.807) is 4.68 Å². The van der Waals surface area contributed by atoms with Crippen LogP contribution in [0.1, 0.15) is 31.9 Å². The molecule has 0 spiro atoms. The molecule has 1 N–H and O–H groups in total. The second kappa shape index (κ2) is 5.47. The minimum absolute atomic E-state index is 0.117. The summed E-state index contributed by atoms with van der Waals surface area (Å²) in [7, 11) is 0. The van der Waals surface area contributed by atoms with E-state index in [4.69, 9.17) is 0 Å². The molecule has 1 aromatic carbocycles. The van der Waals surface area contributed by atoms with Gasteiger partial charge < -0.3 is 0 Å². The molecule has 1 heterocycles. The molecule has 0 aliphatic heterocycles. The molecule has 0 fully saturated rings. The predicted molar refractivity (Wildman–Crippen MR) is 79.4 cm³/mol. The van der Waals surface area contributed by atoms with Crippen LogP contribution >= 0.6 is 0 Å². The molecule has 0 saturated heterocycles. The van der Waals surface area contributed by atoms with E-state index in [1.165, 1.54) is 5.56 Å². The fourth-order valence-electron chi connectivity index (χ4n) is 2.30. The van der Waals surface area contributed by atoms with Crippen LogP contribution in [0.25, 0.3) is 11.3 Å². The second-order valence-electron chi connectivity index (χ2n) is 5.48. The van der Waals surface area contributed by atoms with Crippen LogP contribution in [0.15, 0.2) is 29.1 Å². The summed E-state index contributed by atoms with van der Waals surface area (Å²) in [5.41, 5.74) is 4.31. The van der Waals surface area contributed by atoms with Gasteiger partial charge >= 0.3 is 0 Å². The summed E-state index contributed by atoms with van der Waals surface area (Å²) in [5.74, 6) is 0.470. The van der Waals surface area contributed by atoms with Gasteiger partial charge in [-0.05, 0) is 31.7 Å². The molecule has 0 amide bonds. The molecule has 102 valence electrons. The molecule has 0 radical (unpaired) electrons. The lowest BCUT2D eigenvalue weighted by atomic mass is 9.99. The third-order valence-electron chi connectivity index (χ3n) is 3.32. The number of aromatic amines is 1. The van der Waals surface area contributed by atoms with E-state index in [0.29, 0.717) is 12.5 Å². The smallest absolute Gasteiger partial charge is 0.270 e. The van der Waals surface area contributed by atoms with Crippen LogP contribution in [0.5, 0.6) is 0 Å². The van der Waals surface area contributed by atoms with E-state index in [-0.39, 0.29) is 5.56 Å². The van der Waals surface area contributed by atoms with Crippen LogP contribution in [0.2, 0.25) is 0 Å². The molecule has 2 rings (SSSR count). The maximum absolute atomic E-state index is 12.3. The Hall–Kier alpha value is -1.77. The molecule has 0 aliphatic rings. The Morgan fingerprint density at radius 2 is 1.84 bits per heavy atom. The fraction of sp³-hybridized carbons (Fsp3) is 0.438. The van der Waals surface area contributed by atoms with Crippen molar-refractivity contribution in [3.05, 3.63) is 45.7 Å². The number of benzene rings is 1. The number of nitrogens with one attached hydrogen (secondary N) is 1. The average Bonchev–Trinajstić information content (AvgIpc) is 2.67. The number of hydrogen-bond acceptors (Lipinski definition) is 1. The van der Waals surface area contributed by atoms with Gasteiger partial charge in [-0.1, -0.05) is 43.7 Å². The predicted octanol–water partition coefficient (Wildman–Crippen LogP) is 3.37. The average molecular weight is 258 g/mol. The van der Waals surface area contributed by atoms with Crippen molar-refractivity contribution in [1.82, 2.24) is 9.78 Å². The molecule has 19 heavy (non-hydrogen) atoms. The van der Waals surface area contributed by atoms with E-state index in [0.717, 1.165) is 23.2 Å². The van der Waals surface area contributed by atoms with Crippen LogP contribution in [0.4, 0.5) is 0 Å². The Morgan fingerprint density at radius 1 is 1.21 bits per heavy atom. The summed E-state index contributed by atoms with van der Waals surface area (Å²) in [4.78, 5) is 12.3. The topological polar surface area (TPSA) is 37.8 Å². The lowest BCUT2D eigenvalue weighted by molar-refractivity contribution is 0.623. The number of nitrogens with zero attached hydrogens (tertiary/aromatic N) is 1. The minimum atomic E-state index is 0.117. The van der Waals surface area contributed by atoms with Gasteiger partial charge in [0.1, 0.15) is 0 Å². The molecule has 3 nitrogen and oxygen atoms in total. The number of aryl methyl sites for hydroxylation is 2. The highest BCUT2D eigenvalue weighted by molar-refractivity contribution is 5.63. The Morgan fingerprint density at radius 3 is 2.37 bits per heavy atom. The van der Waals surface area contributed by atoms with Crippen LogP contribution in [-0.2, 0) is 13.0 Å². The fourth-order valence-corrected chi connectivity index (χ4v) is 2.30. The number of aromatic nitrogens is 2. The Bertz CT molecular complexity index is 603. The minimum Gasteiger partial charge on any atom is -0.295 e.